The predicted octanol–water partition coefficient (Wildman–Crippen LogP) is 2.31. The van der Waals surface area contributed by atoms with Gasteiger partial charge in [-0.25, -0.2) is 0 Å². The molecule has 2 heterocycles. The van der Waals surface area contributed by atoms with Crippen molar-refractivity contribution >= 4 is 0 Å². The first-order chi connectivity index (χ1) is 11.4. The van der Waals surface area contributed by atoms with E-state index in [9.17, 15) is 0 Å². The quantitative estimate of drug-likeness (QED) is 0.762. The standard InChI is InChI=1S/C18H27N3O2/c19-8-4-5-9-20-10-12-21(13-11-20)18-15-22-14-17(23-18)16-6-2-1-3-7-16/h1-2,6,14-15H,3-5,7-13,19H2. The number of nitrogens with two attached hydrogens (primary N) is 1. The van der Waals surface area contributed by atoms with Crippen molar-refractivity contribution in [1.82, 2.24) is 9.80 Å². The first-order valence-electron chi connectivity index (χ1n) is 8.64. The summed E-state index contributed by atoms with van der Waals surface area (Å²) in [7, 11) is 0. The molecule has 0 amide bonds. The Hall–Kier alpha value is -1.72. The number of rotatable bonds is 6. The molecule has 23 heavy (non-hydrogen) atoms. The van der Waals surface area contributed by atoms with Crippen molar-refractivity contribution in [3.63, 3.8) is 0 Å². The van der Waals surface area contributed by atoms with Gasteiger partial charge in [-0.15, -0.1) is 0 Å². The van der Waals surface area contributed by atoms with Crippen LogP contribution in [0, 0.1) is 0 Å². The lowest BCUT2D eigenvalue weighted by molar-refractivity contribution is 0.0787. The van der Waals surface area contributed by atoms with Gasteiger partial charge in [-0.2, -0.15) is 0 Å². The molecule has 5 heteroatoms. The SMILES string of the molecule is NCCCCN1CCN(C2=COC=C(C3=CC=CCC3)O2)CC1. The largest absolute Gasteiger partial charge is 0.463 e. The molecule has 0 aromatic rings. The maximum Gasteiger partial charge on any atom is 0.231 e. The average molecular weight is 317 g/mol. The van der Waals surface area contributed by atoms with Gasteiger partial charge >= 0.3 is 0 Å². The van der Waals surface area contributed by atoms with E-state index in [-0.39, 0.29) is 0 Å². The number of piperazine rings is 1. The van der Waals surface area contributed by atoms with Crippen molar-refractivity contribution < 1.29 is 9.47 Å². The molecule has 5 nitrogen and oxygen atoms in total. The minimum atomic E-state index is 0.790. The Morgan fingerprint density at radius 2 is 1.96 bits per heavy atom. The number of unbranched alkanes of at least 4 members (excludes halogenated alkanes) is 1. The topological polar surface area (TPSA) is 51.0 Å². The highest BCUT2D eigenvalue weighted by Crippen LogP contribution is 2.27. The number of allylic oxidation sites excluding steroid dienone is 4. The molecular weight excluding hydrogens is 290 g/mol. The zero-order chi connectivity index (χ0) is 15.9. The van der Waals surface area contributed by atoms with Gasteiger partial charge < -0.3 is 20.1 Å². The van der Waals surface area contributed by atoms with Crippen LogP contribution in [-0.2, 0) is 9.47 Å². The molecule has 2 N–H and O–H groups in total. The molecule has 3 rings (SSSR count). The van der Waals surface area contributed by atoms with Gasteiger partial charge in [-0.05, 0) is 44.3 Å². The van der Waals surface area contributed by atoms with E-state index in [1.807, 2.05) is 0 Å². The van der Waals surface area contributed by atoms with Crippen molar-refractivity contribution in [3.05, 3.63) is 48.0 Å². The molecule has 3 aliphatic rings. The van der Waals surface area contributed by atoms with Gasteiger partial charge in [0.05, 0.1) is 0 Å². The summed E-state index contributed by atoms with van der Waals surface area (Å²) in [5.41, 5.74) is 6.77. The summed E-state index contributed by atoms with van der Waals surface area (Å²) in [5, 5.41) is 0. The Morgan fingerprint density at radius 1 is 1.09 bits per heavy atom. The van der Waals surface area contributed by atoms with E-state index in [0.29, 0.717) is 0 Å². The fourth-order valence-corrected chi connectivity index (χ4v) is 3.07. The molecule has 0 atom stereocenters. The third-order valence-corrected chi connectivity index (χ3v) is 4.50. The lowest BCUT2D eigenvalue weighted by atomic mass is 10.0. The van der Waals surface area contributed by atoms with Crippen molar-refractivity contribution in [1.29, 1.82) is 0 Å². The second-order valence-corrected chi connectivity index (χ2v) is 6.16. The second-order valence-electron chi connectivity index (χ2n) is 6.16. The molecule has 0 aromatic carbocycles. The van der Waals surface area contributed by atoms with Crippen LogP contribution in [0.5, 0.6) is 0 Å². The summed E-state index contributed by atoms with van der Waals surface area (Å²) in [4.78, 5) is 4.77. The Kier molecular flexibility index (Phi) is 5.77. The Morgan fingerprint density at radius 3 is 2.70 bits per heavy atom. The van der Waals surface area contributed by atoms with Crippen molar-refractivity contribution in [2.45, 2.75) is 25.7 Å². The van der Waals surface area contributed by atoms with Crippen LogP contribution < -0.4 is 5.73 Å². The zero-order valence-electron chi connectivity index (χ0n) is 13.7. The highest BCUT2D eigenvalue weighted by Gasteiger charge is 2.23. The van der Waals surface area contributed by atoms with Gasteiger partial charge in [0.25, 0.3) is 0 Å². The van der Waals surface area contributed by atoms with Crippen LogP contribution >= 0.6 is 0 Å². The van der Waals surface area contributed by atoms with Gasteiger partial charge in [-0.3, -0.25) is 4.90 Å². The summed E-state index contributed by atoms with van der Waals surface area (Å²) in [5.74, 6) is 1.68. The fraction of sp³-hybridized carbons (Fsp3) is 0.556. The van der Waals surface area contributed by atoms with Gasteiger partial charge in [0.2, 0.25) is 5.88 Å². The lowest BCUT2D eigenvalue weighted by Gasteiger charge is -2.37. The maximum absolute atomic E-state index is 6.09. The smallest absolute Gasteiger partial charge is 0.231 e. The normalized spacial score (nSPS) is 22.0. The highest BCUT2D eigenvalue weighted by molar-refractivity contribution is 5.33. The van der Waals surface area contributed by atoms with Crippen molar-refractivity contribution in [2.24, 2.45) is 5.73 Å². The predicted molar refractivity (Wildman–Crippen MR) is 91.1 cm³/mol. The first kappa shape index (κ1) is 16.1. The van der Waals surface area contributed by atoms with E-state index in [4.69, 9.17) is 15.2 Å². The number of nitrogens with zero attached hydrogens (tertiary/aromatic N) is 2. The van der Waals surface area contributed by atoms with Crippen molar-refractivity contribution in [2.75, 3.05) is 39.3 Å². The molecule has 2 aliphatic heterocycles. The molecule has 1 fully saturated rings. The Balaban J connectivity index is 1.48. The number of ether oxygens (including phenoxy) is 2. The van der Waals surface area contributed by atoms with Crippen LogP contribution in [0.25, 0.3) is 0 Å². The number of hydrogen-bond donors (Lipinski definition) is 1. The molecule has 0 spiro atoms. The van der Waals surface area contributed by atoms with Crippen LogP contribution in [0.15, 0.2) is 48.0 Å². The van der Waals surface area contributed by atoms with E-state index in [1.165, 1.54) is 12.0 Å². The molecule has 0 saturated carbocycles. The Bertz CT molecular complexity index is 514. The summed E-state index contributed by atoms with van der Waals surface area (Å²) in [6.45, 7) is 6.02. The van der Waals surface area contributed by atoms with Gasteiger partial charge in [0, 0.05) is 26.2 Å². The summed E-state index contributed by atoms with van der Waals surface area (Å²) in [6, 6.07) is 0. The minimum Gasteiger partial charge on any atom is -0.463 e. The lowest BCUT2D eigenvalue weighted by Crippen LogP contribution is -2.46. The summed E-state index contributed by atoms with van der Waals surface area (Å²) in [6.07, 6.45) is 14.2. The van der Waals surface area contributed by atoms with Crippen LogP contribution in [-0.4, -0.2) is 49.1 Å². The average Bonchev–Trinajstić information content (AvgIpc) is 2.63. The minimum absolute atomic E-state index is 0.790. The fourth-order valence-electron chi connectivity index (χ4n) is 3.07. The van der Waals surface area contributed by atoms with Crippen LogP contribution in [0.1, 0.15) is 25.7 Å². The Labute approximate surface area is 138 Å². The molecule has 126 valence electrons. The van der Waals surface area contributed by atoms with Gasteiger partial charge in [0.1, 0.15) is 6.26 Å². The third-order valence-electron chi connectivity index (χ3n) is 4.50. The maximum atomic E-state index is 6.09. The van der Waals surface area contributed by atoms with Crippen molar-refractivity contribution in [3.8, 4) is 0 Å². The monoisotopic (exact) mass is 317 g/mol. The highest BCUT2D eigenvalue weighted by atomic mass is 16.6. The first-order valence-corrected chi connectivity index (χ1v) is 8.64. The molecule has 0 bridgehead atoms. The molecule has 1 aliphatic carbocycles. The third kappa shape index (κ3) is 4.39. The number of hydrogen-bond acceptors (Lipinski definition) is 5. The van der Waals surface area contributed by atoms with Crippen LogP contribution in [0.4, 0.5) is 0 Å². The van der Waals surface area contributed by atoms with E-state index in [1.54, 1.807) is 12.5 Å². The van der Waals surface area contributed by atoms with Gasteiger partial charge in [0.15, 0.2) is 12.0 Å². The molecule has 0 radical (unpaired) electrons. The molecular formula is C18H27N3O2. The molecule has 1 saturated heterocycles. The molecule has 0 aromatic heterocycles. The van der Waals surface area contributed by atoms with E-state index in [2.05, 4.69) is 28.0 Å². The second kappa shape index (κ2) is 8.22. The van der Waals surface area contributed by atoms with Crippen LogP contribution in [0.3, 0.4) is 0 Å². The van der Waals surface area contributed by atoms with Crippen LogP contribution in [0.2, 0.25) is 0 Å². The van der Waals surface area contributed by atoms with E-state index in [0.717, 1.165) is 70.2 Å². The van der Waals surface area contributed by atoms with E-state index < -0.39 is 0 Å². The molecule has 0 unspecified atom stereocenters. The summed E-state index contributed by atoms with van der Waals surface area (Å²) >= 11 is 0. The summed E-state index contributed by atoms with van der Waals surface area (Å²) < 4.78 is 11.6. The van der Waals surface area contributed by atoms with Gasteiger partial charge in [-0.1, -0.05) is 18.2 Å². The zero-order valence-corrected chi connectivity index (χ0v) is 13.7. The van der Waals surface area contributed by atoms with E-state index >= 15 is 0 Å².